The zero-order valence-electron chi connectivity index (χ0n) is 16.5. The summed E-state index contributed by atoms with van der Waals surface area (Å²) < 4.78 is 1.65. The molecule has 1 amide bonds. The van der Waals surface area contributed by atoms with Gasteiger partial charge in [-0.1, -0.05) is 37.7 Å². The van der Waals surface area contributed by atoms with Crippen molar-refractivity contribution in [2.75, 3.05) is 30.1 Å². The molecule has 1 aromatic heterocycles. The van der Waals surface area contributed by atoms with Crippen LogP contribution in [0.5, 0.6) is 0 Å². The van der Waals surface area contributed by atoms with Crippen LogP contribution in [0.2, 0.25) is 0 Å². The lowest BCUT2D eigenvalue weighted by Gasteiger charge is -2.13. The van der Waals surface area contributed by atoms with Crippen LogP contribution in [0.15, 0.2) is 53.7 Å². The van der Waals surface area contributed by atoms with Crippen LogP contribution in [-0.2, 0) is 4.79 Å². The Bertz CT molecular complexity index is 919. The van der Waals surface area contributed by atoms with E-state index >= 15 is 0 Å². The van der Waals surface area contributed by atoms with Crippen LogP contribution in [-0.4, -0.2) is 46.0 Å². The fourth-order valence-electron chi connectivity index (χ4n) is 2.60. The van der Waals surface area contributed by atoms with Gasteiger partial charge >= 0.3 is 0 Å². The Morgan fingerprint density at radius 3 is 2.39 bits per heavy atom. The Morgan fingerprint density at radius 2 is 1.79 bits per heavy atom. The number of hydrogen-bond acceptors (Lipinski definition) is 6. The molecule has 0 aliphatic rings. The molecule has 0 bridgehead atoms. The average Bonchev–Trinajstić information content (AvgIpc) is 3.15. The van der Waals surface area contributed by atoms with Crippen molar-refractivity contribution in [2.24, 2.45) is 0 Å². The molecule has 3 aromatic rings. The van der Waals surface area contributed by atoms with Crippen molar-refractivity contribution in [3.8, 4) is 5.69 Å². The summed E-state index contributed by atoms with van der Waals surface area (Å²) in [6, 6.07) is 15.8. The van der Waals surface area contributed by atoms with E-state index in [0.29, 0.717) is 11.1 Å². The van der Waals surface area contributed by atoms with Gasteiger partial charge in [0.15, 0.2) is 0 Å². The third-order valence-electron chi connectivity index (χ3n) is 4.25. The van der Waals surface area contributed by atoms with E-state index in [1.807, 2.05) is 55.4 Å². The van der Waals surface area contributed by atoms with Crippen molar-refractivity contribution in [1.82, 2.24) is 20.2 Å². The van der Waals surface area contributed by atoms with Gasteiger partial charge in [0, 0.05) is 25.5 Å². The molecule has 1 heterocycles. The summed E-state index contributed by atoms with van der Waals surface area (Å²) in [4.78, 5) is 14.3. The molecule has 2 aromatic carbocycles. The van der Waals surface area contributed by atoms with E-state index in [1.165, 1.54) is 17.3 Å². The van der Waals surface area contributed by atoms with Gasteiger partial charge in [-0.2, -0.15) is 4.68 Å². The molecule has 1 N–H and O–H groups in total. The van der Waals surface area contributed by atoms with Gasteiger partial charge in [0.2, 0.25) is 11.1 Å². The molecule has 8 heteroatoms. The number of nitrogens with zero attached hydrogens (tertiary/aromatic N) is 5. The zero-order chi connectivity index (χ0) is 20.1. The SMILES string of the molecule is CC(C)c1ccc(-n2nnnc2SCC(=O)Nc2ccc(N(C)C)cc2)cc1. The summed E-state index contributed by atoms with van der Waals surface area (Å²) in [5, 5.41) is 15.3. The maximum Gasteiger partial charge on any atom is 0.234 e. The number of carbonyl (C=O) groups excluding carboxylic acids is 1. The van der Waals surface area contributed by atoms with Crippen LogP contribution in [0, 0.1) is 0 Å². The number of hydrogen-bond donors (Lipinski definition) is 1. The van der Waals surface area contributed by atoms with Crippen LogP contribution >= 0.6 is 11.8 Å². The number of rotatable bonds is 7. The van der Waals surface area contributed by atoms with Gasteiger partial charge in [-0.3, -0.25) is 4.79 Å². The minimum atomic E-state index is -0.104. The van der Waals surface area contributed by atoms with Crippen LogP contribution < -0.4 is 10.2 Å². The molecule has 3 rings (SSSR count). The summed E-state index contributed by atoms with van der Waals surface area (Å²) in [6.07, 6.45) is 0. The third-order valence-corrected chi connectivity index (χ3v) is 5.16. The number of benzene rings is 2. The first kappa shape index (κ1) is 19.9. The standard InChI is InChI=1S/C20H24N6OS/c1-14(2)15-5-9-18(10-6-15)26-20(22-23-24-26)28-13-19(27)21-16-7-11-17(12-8-16)25(3)4/h5-12,14H,13H2,1-4H3,(H,21,27). The second-order valence-electron chi connectivity index (χ2n) is 6.90. The molecule has 0 spiro atoms. The van der Waals surface area contributed by atoms with E-state index in [9.17, 15) is 4.79 Å². The van der Waals surface area contributed by atoms with Gasteiger partial charge in [-0.25, -0.2) is 0 Å². The first-order valence-electron chi connectivity index (χ1n) is 9.03. The highest BCUT2D eigenvalue weighted by molar-refractivity contribution is 7.99. The Hall–Kier alpha value is -2.87. The van der Waals surface area contributed by atoms with Crippen molar-refractivity contribution in [2.45, 2.75) is 24.9 Å². The Labute approximate surface area is 169 Å². The van der Waals surface area contributed by atoms with Gasteiger partial charge < -0.3 is 10.2 Å². The van der Waals surface area contributed by atoms with Gasteiger partial charge in [0.25, 0.3) is 0 Å². The lowest BCUT2D eigenvalue weighted by molar-refractivity contribution is -0.113. The second-order valence-corrected chi connectivity index (χ2v) is 7.84. The van der Waals surface area contributed by atoms with E-state index in [4.69, 9.17) is 0 Å². The molecular weight excluding hydrogens is 372 g/mol. The average molecular weight is 397 g/mol. The van der Waals surface area contributed by atoms with Gasteiger partial charge in [0.05, 0.1) is 11.4 Å². The second kappa shape index (κ2) is 8.88. The molecule has 28 heavy (non-hydrogen) atoms. The molecule has 7 nitrogen and oxygen atoms in total. The van der Waals surface area contributed by atoms with Crippen LogP contribution in [0.25, 0.3) is 5.69 Å². The monoisotopic (exact) mass is 396 g/mol. The highest BCUT2D eigenvalue weighted by Gasteiger charge is 2.12. The summed E-state index contributed by atoms with van der Waals surface area (Å²) in [5.74, 6) is 0.583. The topological polar surface area (TPSA) is 75.9 Å². The van der Waals surface area contributed by atoms with Crippen LogP contribution in [0.4, 0.5) is 11.4 Å². The number of amides is 1. The lowest BCUT2D eigenvalue weighted by Crippen LogP contribution is -2.15. The highest BCUT2D eigenvalue weighted by Crippen LogP contribution is 2.21. The number of aromatic nitrogens is 4. The van der Waals surface area contributed by atoms with E-state index in [0.717, 1.165) is 17.1 Å². The minimum Gasteiger partial charge on any atom is -0.378 e. The molecule has 0 saturated carbocycles. The maximum absolute atomic E-state index is 12.3. The molecule has 0 aliphatic carbocycles. The normalized spacial score (nSPS) is 10.9. The Kier molecular flexibility index (Phi) is 6.30. The van der Waals surface area contributed by atoms with Crippen LogP contribution in [0.3, 0.4) is 0 Å². The number of tetrazole rings is 1. The van der Waals surface area contributed by atoms with E-state index in [2.05, 4.69) is 46.8 Å². The van der Waals surface area contributed by atoms with E-state index in [-0.39, 0.29) is 11.7 Å². The Balaban J connectivity index is 1.60. The van der Waals surface area contributed by atoms with Crippen LogP contribution in [0.1, 0.15) is 25.3 Å². The van der Waals surface area contributed by atoms with Crippen molar-refractivity contribution in [3.63, 3.8) is 0 Å². The molecule has 0 saturated heterocycles. The van der Waals surface area contributed by atoms with Gasteiger partial charge in [-0.15, -0.1) is 5.10 Å². The molecular formula is C20H24N6OS. The molecule has 0 aliphatic heterocycles. The fraction of sp³-hybridized carbons (Fsp3) is 0.300. The number of carbonyl (C=O) groups is 1. The summed E-state index contributed by atoms with van der Waals surface area (Å²) >= 11 is 1.30. The minimum absolute atomic E-state index is 0.104. The summed E-state index contributed by atoms with van der Waals surface area (Å²) in [5.41, 5.74) is 3.97. The van der Waals surface area contributed by atoms with E-state index in [1.54, 1.807) is 4.68 Å². The molecule has 0 unspecified atom stereocenters. The lowest BCUT2D eigenvalue weighted by atomic mass is 10.0. The number of nitrogens with one attached hydrogen (secondary N) is 1. The highest BCUT2D eigenvalue weighted by atomic mass is 32.2. The third kappa shape index (κ3) is 4.89. The van der Waals surface area contributed by atoms with Crippen molar-refractivity contribution < 1.29 is 4.79 Å². The summed E-state index contributed by atoms with van der Waals surface area (Å²) in [6.45, 7) is 4.31. The smallest absolute Gasteiger partial charge is 0.234 e. The molecule has 0 radical (unpaired) electrons. The molecule has 0 atom stereocenters. The summed E-state index contributed by atoms with van der Waals surface area (Å²) in [7, 11) is 3.95. The van der Waals surface area contributed by atoms with Gasteiger partial charge in [-0.05, 0) is 58.3 Å². The first-order valence-corrected chi connectivity index (χ1v) is 10.0. The molecule has 0 fully saturated rings. The maximum atomic E-state index is 12.3. The fourth-order valence-corrected chi connectivity index (χ4v) is 3.29. The number of thioether (sulfide) groups is 1. The van der Waals surface area contributed by atoms with Gasteiger partial charge in [0.1, 0.15) is 0 Å². The first-order chi connectivity index (χ1) is 13.4. The zero-order valence-corrected chi connectivity index (χ0v) is 17.3. The predicted molar refractivity (Wildman–Crippen MR) is 113 cm³/mol. The number of anilines is 2. The quantitative estimate of drug-likeness (QED) is 0.615. The van der Waals surface area contributed by atoms with Crippen molar-refractivity contribution in [3.05, 3.63) is 54.1 Å². The Morgan fingerprint density at radius 1 is 1.11 bits per heavy atom. The largest absolute Gasteiger partial charge is 0.378 e. The predicted octanol–water partition coefficient (Wildman–Crippen LogP) is 3.58. The molecule has 146 valence electrons. The van der Waals surface area contributed by atoms with E-state index < -0.39 is 0 Å². The van der Waals surface area contributed by atoms with Crippen molar-refractivity contribution >= 4 is 29.0 Å². The van der Waals surface area contributed by atoms with Crippen molar-refractivity contribution in [1.29, 1.82) is 0 Å².